The summed E-state index contributed by atoms with van der Waals surface area (Å²) in [6.45, 7) is 2.17. The summed E-state index contributed by atoms with van der Waals surface area (Å²) in [6.07, 6.45) is 1.44. The van der Waals surface area contributed by atoms with E-state index in [1.165, 1.54) is 18.3 Å². The van der Waals surface area contributed by atoms with E-state index in [1.807, 2.05) is 6.07 Å². The lowest BCUT2D eigenvalue weighted by atomic mass is 10.1. The molecule has 0 atom stereocenters. The Bertz CT molecular complexity index is 637. The van der Waals surface area contributed by atoms with Gasteiger partial charge in [-0.1, -0.05) is 17.3 Å². The van der Waals surface area contributed by atoms with Crippen molar-refractivity contribution in [3.63, 3.8) is 0 Å². The Balaban J connectivity index is 1.57. The maximum absolute atomic E-state index is 13.1. The highest BCUT2D eigenvalue weighted by atomic mass is 19.1. The summed E-state index contributed by atoms with van der Waals surface area (Å²) in [7, 11) is 0. The van der Waals surface area contributed by atoms with E-state index in [4.69, 9.17) is 5.11 Å². The second kappa shape index (κ2) is 5.01. The summed E-state index contributed by atoms with van der Waals surface area (Å²) in [5.74, 6) is -1.31. The zero-order valence-corrected chi connectivity index (χ0v) is 10.6. The van der Waals surface area contributed by atoms with Crippen LogP contribution in [0.2, 0.25) is 0 Å². The van der Waals surface area contributed by atoms with Crippen molar-refractivity contribution in [3.05, 3.63) is 47.5 Å². The van der Waals surface area contributed by atoms with Crippen LogP contribution in [0.15, 0.2) is 30.5 Å². The molecule has 0 saturated carbocycles. The van der Waals surface area contributed by atoms with E-state index in [0.717, 1.165) is 18.7 Å². The first-order valence-electron chi connectivity index (χ1n) is 6.24. The van der Waals surface area contributed by atoms with Crippen LogP contribution in [0.5, 0.6) is 0 Å². The zero-order valence-electron chi connectivity index (χ0n) is 10.6. The van der Waals surface area contributed by atoms with Gasteiger partial charge < -0.3 is 5.11 Å². The topological polar surface area (TPSA) is 71.2 Å². The summed E-state index contributed by atoms with van der Waals surface area (Å²) in [6, 6.07) is 6.65. The lowest BCUT2D eigenvalue weighted by Gasteiger charge is -2.38. The lowest BCUT2D eigenvalue weighted by molar-refractivity contribution is 0.0690. The molecule has 7 heteroatoms. The van der Waals surface area contributed by atoms with Gasteiger partial charge in [0.25, 0.3) is 0 Å². The van der Waals surface area contributed by atoms with Crippen LogP contribution in [0, 0.1) is 5.82 Å². The number of benzene rings is 1. The van der Waals surface area contributed by atoms with Crippen molar-refractivity contribution in [1.82, 2.24) is 19.9 Å². The van der Waals surface area contributed by atoms with Gasteiger partial charge in [-0.15, -0.1) is 5.10 Å². The van der Waals surface area contributed by atoms with E-state index >= 15 is 0 Å². The molecule has 1 aromatic carbocycles. The highest BCUT2D eigenvalue weighted by molar-refractivity contribution is 5.84. The van der Waals surface area contributed by atoms with E-state index in [-0.39, 0.29) is 17.6 Å². The van der Waals surface area contributed by atoms with Gasteiger partial charge in [-0.25, -0.2) is 13.9 Å². The Morgan fingerprint density at radius 3 is 2.90 bits per heavy atom. The van der Waals surface area contributed by atoms with Gasteiger partial charge in [-0.3, -0.25) is 4.90 Å². The number of halogens is 1. The van der Waals surface area contributed by atoms with Crippen LogP contribution in [0.4, 0.5) is 4.39 Å². The van der Waals surface area contributed by atoms with Gasteiger partial charge in [0.2, 0.25) is 0 Å². The maximum atomic E-state index is 13.1. The van der Waals surface area contributed by atoms with E-state index in [9.17, 15) is 9.18 Å². The normalized spacial score (nSPS) is 16.1. The summed E-state index contributed by atoms with van der Waals surface area (Å²) in [4.78, 5) is 12.9. The van der Waals surface area contributed by atoms with Crippen LogP contribution in [0.3, 0.4) is 0 Å². The van der Waals surface area contributed by atoms with Crippen LogP contribution in [-0.4, -0.2) is 44.1 Å². The molecule has 0 bridgehead atoms. The molecule has 0 unspecified atom stereocenters. The quantitative estimate of drug-likeness (QED) is 0.907. The monoisotopic (exact) mass is 276 g/mol. The van der Waals surface area contributed by atoms with Crippen molar-refractivity contribution in [2.45, 2.75) is 12.6 Å². The third-order valence-electron chi connectivity index (χ3n) is 3.34. The van der Waals surface area contributed by atoms with Gasteiger partial charge in [0, 0.05) is 19.6 Å². The number of aromatic nitrogens is 3. The number of nitrogens with zero attached hydrogens (tertiary/aromatic N) is 4. The molecule has 1 aliphatic rings. The van der Waals surface area contributed by atoms with E-state index in [1.54, 1.807) is 10.7 Å². The second-order valence-electron chi connectivity index (χ2n) is 4.87. The highest BCUT2D eigenvalue weighted by Gasteiger charge is 2.29. The molecule has 1 aromatic heterocycles. The Hall–Kier alpha value is -2.28. The first kappa shape index (κ1) is 12.7. The Morgan fingerprint density at radius 1 is 1.45 bits per heavy atom. The van der Waals surface area contributed by atoms with Crippen LogP contribution >= 0.6 is 0 Å². The van der Waals surface area contributed by atoms with E-state index in [2.05, 4.69) is 15.2 Å². The summed E-state index contributed by atoms with van der Waals surface area (Å²) < 4.78 is 14.6. The summed E-state index contributed by atoms with van der Waals surface area (Å²) in [5.41, 5.74) is 0.877. The van der Waals surface area contributed by atoms with Gasteiger partial charge in [0.1, 0.15) is 5.82 Å². The fraction of sp³-hybridized carbons (Fsp3) is 0.308. The average Bonchev–Trinajstić information content (AvgIpc) is 2.82. The molecule has 104 valence electrons. The van der Waals surface area contributed by atoms with Crippen molar-refractivity contribution >= 4 is 5.97 Å². The van der Waals surface area contributed by atoms with E-state index in [0.29, 0.717) is 6.54 Å². The Kier molecular flexibility index (Phi) is 3.19. The van der Waals surface area contributed by atoms with Crippen molar-refractivity contribution in [1.29, 1.82) is 0 Å². The molecule has 1 aliphatic heterocycles. The van der Waals surface area contributed by atoms with Gasteiger partial charge in [-0.05, 0) is 17.7 Å². The minimum absolute atomic E-state index is 0.0476. The molecule has 2 aromatic rings. The molecule has 1 fully saturated rings. The van der Waals surface area contributed by atoms with Gasteiger partial charge in [0.15, 0.2) is 5.69 Å². The van der Waals surface area contributed by atoms with Crippen LogP contribution in [0.1, 0.15) is 22.1 Å². The highest BCUT2D eigenvalue weighted by Crippen LogP contribution is 2.22. The minimum Gasteiger partial charge on any atom is -0.476 e. The van der Waals surface area contributed by atoms with Crippen LogP contribution in [0.25, 0.3) is 0 Å². The standard InChI is InChI=1S/C13H13FN4O2/c14-10-3-1-2-9(4-10)5-17-6-11(7-17)18-8-12(13(19)20)15-16-18/h1-4,8,11H,5-7H2,(H,19,20). The number of carboxylic acid groups (broad SMARTS) is 1. The van der Waals surface area contributed by atoms with Gasteiger partial charge >= 0.3 is 5.97 Å². The summed E-state index contributed by atoms with van der Waals surface area (Å²) >= 11 is 0. The van der Waals surface area contributed by atoms with Gasteiger partial charge in [0.05, 0.1) is 12.2 Å². The fourth-order valence-electron chi connectivity index (χ4n) is 2.29. The molecular weight excluding hydrogens is 263 g/mol. The number of aromatic carboxylic acids is 1. The molecule has 6 nitrogen and oxygen atoms in total. The van der Waals surface area contributed by atoms with Crippen LogP contribution in [-0.2, 0) is 6.54 Å². The number of hydrogen-bond donors (Lipinski definition) is 1. The smallest absolute Gasteiger partial charge is 0.358 e. The largest absolute Gasteiger partial charge is 0.476 e. The van der Waals surface area contributed by atoms with Crippen LogP contribution < -0.4 is 0 Å². The molecule has 0 radical (unpaired) electrons. The first-order chi connectivity index (χ1) is 9.61. The van der Waals surface area contributed by atoms with E-state index < -0.39 is 5.97 Å². The number of hydrogen-bond acceptors (Lipinski definition) is 4. The third kappa shape index (κ3) is 2.53. The van der Waals surface area contributed by atoms with Crippen molar-refractivity contribution in [2.75, 3.05) is 13.1 Å². The predicted molar refractivity (Wildman–Crippen MR) is 67.7 cm³/mol. The molecule has 0 aliphatic carbocycles. The van der Waals surface area contributed by atoms with Crippen molar-refractivity contribution in [3.8, 4) is 0 Å². The molecule has 0 amide bonds. The predicted octanol–water partition coefficient (Wildman–Crippen LogP) is 1.17. The molecule has 0 spiro atoms. The molecule has 20 heavy (non-hydrogen) atoms. The van der Waals surface area contributed by atoms with Crippen molar-refractivity contribution in [2.24, 2.45) is 0 Å². The molecule has 2 heterocycles. The number of carbonyl (C=O) groups is 1. The minimum atomic E-state index is -1.08. The second-order valence-corrected chi connectivity index (χ2v) is 4.87. The maximum Gasteiger partial charge on any atom is 0.358 e. The van der Waals surface area contributed by atoms with Gasteiger partial charge in [-0.2, -0.15) is 0 Å². The molecule has 1 saturated heterocycles. The third-order valence-corrected chi connectivity index (χ3v) is 3.34. The molecule has 3 rings (SSSR count). The number of carboxylic acids is 1. The average molecular weight is 276 g/mol. The molecular formula is C13H13FN4O2. The van der Waals surface area contributed by atoms with Crippen molar-refractivity contribution < 1.29 is 14.3 Å². The number of likely N-dealkylation sites (tertiary alicyclic amines) is 1. The Labute approximate surface area is 114 Å². The molecule has 1 N–H and O–H groups in total. The first-order valence-corrected chi connectivity index (χ1v) is 6.24. The SMILES string of the molecule is O=C(O)c1cn(C2CN(Cc3cccc(F)c3)C2)nn1. The summed E-state index contributed by atoms with van der Waals surface area (Å²) in [5, 5.41) is 16.2. The fourth-order valence-corrected chi connectivity index (χ4v) is 2.29. The number of rotatable bonds is 4. The Morgan fingerprint density at radius 2 is 2.25 bits per heavy atom. The zero-order chi connectivity index (χ0) is 14.1. The lowest BCUT2D eigenvalue weighted by Crippen LogP contribution is -2.47.